The van der Waals surface area contributed by atoms with Crippen LogP contribution in [0.15, 0.2) is 60.0 Å². The van der Waals surface area contributed by atoms with Crippen molar-refractivity contribution in [3.05, 3.63) is 81.0 Å². The Labute approximate surface area is 214 Å². The summed E-state index contributed by atoms with van der Waals surface area (Å²) in [7, 11) is 1.58. The first-order valence-electron chi connectivity index (χ1n) is 11.7. The second-order valence-electron chi connectivity index (χ2n) is 8.81. The third-order valence-electron chi connectivity index (χ3n) is 6.51. The number of hydrogen-bond acceptors (Lipinski definition) is 5. The molecule has 2 amide bonds. The molecule has 182 valence electrons. The van der Waals surface area contributed by atoms with Crippen LogP contribution in [0, 0.1) is 0 Å². The van der Waals surface area contributed by atoms with E-state index >= 15 is 0 Å². The first kappa shape index (κ1) is 23.7. The average Bonchev–Trinajstić information content (AvgIpc) is 3.61. The Bertz CT molecular complexity index is 1210. The molecule has 1 atom stereocenters. The van der Waals surface area contributed by atoms with E-state index in [1.54, 1.807) is 59.7 Å². The molecule has 1 aliphatic heterocycles. The molecule has 0 bridgehead atoms. The number of thiophene rings is 1. The van der Waals surface area contributed by atoms with Crippen molar-refractivity contribution < 1.29 is 19.1 Å². The number of benzene rings is 2. The number of hydrogen-bond donors (Lipinski definition) is 0. The van der Waals surface area contributed by atoms with Gasteiger partial charge in [-0.25, -0.2) is 0 Å². The number of carbonyl (C=O) groups is 2. The monoisotopic (exact) mass is 510 g/mol. The molecule has 1 saturated carbocycles. The Balaban J connectivity index is 1.34. The minimum Gasteiger partial charge on any atom is -0.497 e. The summed E-state index contributed by atoms with van der Waals surface area (Å²) in [5.41, 5.74) is 1.66. The van der Waals surface area contributed by atoms with Gasteiger partial charge < -0.3 is 19.3 Å². The molecule has 1 unspecified atom stereocenters. The lowest BCUT2D eigenvalue weighted by molar-refractivity contribution is -0.135. The molecule has 5 rings (SSSR count). The summed E-state index contributed by atoms with van der Waals surface area (Å²) in [6.45, 7) is 0.995. The second-order valence-corrected chi connectivity index (χ2v) is 10.3. The average molecular weight is 511 g/mol. The van der Waals surface area contributed by atoms with Crippen LogP contribution in [0.4, 0.5) is 0 Å². The van der Waals surface area contributed by atoms with Gasteiger partial charge in [0.2, 0.25) is 5.91 Å². The lowest BCUT2D eigenvalue weighted by Crippen LogP contribution is -2.48. The van der Waals surface area contributed by atoms with Gasteiger partial charge in [0.15, 0.2) is 0 Å². The van der Waals surface area contributed by atoms with E-state index in [9.17, 15) is 9.59 Å². The van der Waals surface area contributed by atoms with Crippen molar-refractivity contribution in [2.45, 2.75) is 31.3 Å². The normalized spacial score (nSPS) is 17.0. The number of nitrogens with zero attached hydrogens (tertiary/aromatic N) is 2. The third kappa shape index (κ3) is 5.31. The van der Waals surface area contributed by atoms with Crippen molar-refractivity contribution in [2.24, 2.45) is 0 Å². The van der Waals surface area contributed by atoms with E-state index in [4.69, 9.17) is 21.1 Å². The van der Waals surface area contributed by atoms with E-state index in [1.807, 2.05) is 17.0 Å². The van der Waals surface area contributed by atoms with Gasteiger partial charge in [-0.15, -0.1) is 11.3 Å². The van der Waals surface area contributed by atoms with E-state index in [0.29, 0.717) is 35.2 Å². The van der Waals surface area contributed by atoms with Crippen molar-refractivity contribution in [3.63, 3.8) is 0 Å². The number of fused-ring (bicyclic) bond motifs is 1. The highest BCUT2D eigenvalue weighted by Gasteiger charge is 2.38. The first-order chi connectivity index (χ1) is 17.0. The number of ether oxygens (including phenoxy) is 2. The molecule has 3 aromatic rings. The van der Waals surface area contributed by atoms with Crippen LogP contribution < -0.4 is 9.47 Å². The fourth-order valence-electron chi connectivity index (χ4n) is 4.49. The smallest absolute Gasteiger partial charge is 0.254 e. The van der Waals surface area contributed by atoms with Crippen molar-refractivity contribution in [3.8, 4) is 11.5 Å². The number of amides is 2. The van der Waals surface area contributed by atoms with Crippen LogP contribution in [0.2, 0.25) is 5.02 Å². The Morgan fingerprint density at radius 3 is 2.66 bits per heavy atom. The molecule has 1 fully saturated rings. The van der Waals surface area contributed by atoms with Crippen LogP contribution in [0.5, 0.6) is 11.5 Å². The minimum absolute atomic E-state index is 0.0532. The summed E-state index contributed by atoms with van der Waals surface area (Å²) < 4.78 is 11.4. The minimum atomic E-state index is -0.207. The highest BCUT2D eigenvalue weighted by atomic mass is 35.5. The molecule has 2 aliphatic rings. The second kappa shape index (κ2) is 10.3. The Morgan fingerprint density at radius 1 is 1.11 bits per heavy atom. The SMILES string of the molecule is COc1cccc(C(=O)N(CC(=O)N2CCc3sccc3C2COc2ccc(Cl)cc2)C2CC2)c1. The van der Waals surface area contributed by atoms with Crippen molar-refractivity contribution >= 4 is 34.8 Å². The molecule has 0 spiro atoms. The highest BCUT2D eigenvalue weighted by Crippen LogP contribution is 2.35. The van der Waals surface area contributed by atoms with Crippen LogP contribution in [0.1, 0.15) is 39.7 Å². The first-order valence-corrected chi connectivity index (χ1v) is 13.0. The van der Waals surface area contributed by atoms with Gasteiger partial charge in [-0.1, -0.05) is 17.7 Å². The number of methoxy groups -OCH3 is 1. The molecule has 0 radical (unpaired) electrons. The fraction of sp³-hybridized carbons (Fsp3) is 0.333. The Kier molecular flexibility index (Phi) is 6.97. The van der Waals surface area contributed by atoms with Crippen molar-refractivity contribution in [1.82, 2.24) is 9.80 Å². The van der Waals surface area contributed by atoms with Gasteiger partial charge in [-0.2, -0.15) is 0 Å². The predicted molar refractivity (Wildman–Crippen MR) is 136 cm³/mol. The summed E-state index contributed by atoms with van der Waals surface area (Å²) in [5, 5.41) is 2.71. The maximum Gasteiger partial charge on any atom is 0.254 e. The van der Waals surface area contributed by atoms with Crippen molar-refractivity contribution in [2.75, 3.05) is 26.8 Å². The van der Waals surface area contributed by atoms with Crippen LogP contribution in [0.3, 0.4) is 0 Å². The number of carbonyl (C=O) groups excluding carboxylic acids is 2. The van der Waals surface area contributed by atoms with Gasteiger partial charge in [-0.3, -0.25) is 9.59 Å². The van der Waals surface area contributed by atoms with Gasteiger partial charge >= 0.3 is 0 Å². The fourth-order valence-corrected chi connectivity index (χ4v) is 5.55. The van der Waals surface area contributed by atoms with Crippen LogP contribution in [0.25, 0.3) is 0 Å². The molecule has 35 heavy (non-hydrogen) atoms. The molecule has 8 heteroatoms. The van der Waals surface area contributed by atoms with Crippen LogP contribution in [-0.2, 0) is 11.2 Å². The lowest BCUT2D eigenvalue weighted by atomic mass is 10.0. The molecule has 1 aromatic heterocycles. The van der Waals surface area contributed by atoms with E-state index in [2.05, 4.69) is 11.4 Å². The number of rotatable bonds is 8. The maximum atomic E-state index is 13.6. The standard InChI is InChI=1S/C27H27ClN2O4S/c1-33-22-4-2-3-18(15-22)27(32)30(20-7-8-20)16-26(31)29-13-11-25-23(12-14-35-25)24(29)17-34-21-9-5-19(28)6-10-21/h2-6,9-10,12,14-15,20,24H,7-8,11,13,16-17H2,1H3. The molecule has 6 nitrogen and oxygen atoms in total. The summed E-state index contributed by atoms with van der Waals surface area (Å²) in [5.74, 6) is 1.13. The zero-order valence-electron chi connectivity index (χ0n) is 19.5. The molecule has 0 saturated heterocycles. The van der Waals surface area contributed by atoms with Crippen molar-refractivity contribution in [1.29, 1.82) is 0 Å². The van der Waals surface area contributed by atoms with Gasteiger partial charge in [0.25, 0.3) is 5.91 Å². The zero-order valence-corrected chi connectivity index (χ0v) is 21.1. The van der Waals surface area contributed by atoms with E-state index in [1.165, 1.54) is 4.88 Å². The molecule has 2 heterocycles. The predicted octanol–water partition coefficient (Wildman–Crippen LogP) is 5.22. The van der Waals surface area contributed by atoms with Gasteiger partial charge in [0, 0.05) is 28.0 Å². The Hall–Kier alpha value is -3.03. The topological polar surface area (TPSA) is 59.1 Å². The highest BCUT2D eigenvalue weighted by molar-refractivity contribution is 7.10. The summed E-state index contributed by atoms with van der Waals surface area (Å²) in [4.78, 5) is 31.9. The summed E-state index contributed by atoms with van der Waals surface area (Å²) in [6, 6.07) is 16.3. The Morgan fingerprint density at radius 2 is 1.91 bits per heavy atom. The summed E-state index contributed by atoms with van der Waals surface area (Å²) >= 11 is 7.71. The van der Waals surface area contributed by atoms with E-state index < -0.39 is 0 Å². The van der Waals surface area contributed by atoms with Gasteiger partial charge in [0.1, 0.15) is 24.7 Å². The van der Waals surface area contributed by atoms with E-state index in [0.717, 1.165) is 24.8 Å². The van der Waals surface area contributed by atoms with Gasteiger partial charge in [0.05, 0.1) is 13.2 Å². The van der Waals surface area contributed by atoms with E-state index in [-0.39, 0.29) is 30.4 Å². The molecular formula is C27H27ClN2O4S. The van der Waals surface area contributed by atoms with Crippen LogP contribution in [-0.4, -0.2) is 54.5 Å². The zero-order chi connectivity index (χ0) is 24.4. The number of halogens is 1. The summed E-state index contributed by atoms with van der Waals surface area (Å²) in [6.07, 6.45) is 2.64. The lowest BCUT2D eigenvalue weighted by Gasteiger charge is -2.37. The molecular weight excluding hydrogens is 484 g/mol. The van der Waals surface area contributed by atoms with Gasteiger partial charge in [-0.05, 0) is 78.7 Å². The van der Waals surface area contributed by atoms with Crippen LogP contribution >= 0.6 is 22.9 Å². The molecule has 0 N–H and O–H groups in total. The molecule has 2 aromatic carbocycles. The maximum absolute atomic E-state index is 13.6. The largest absolute Gasteiger partial charge is 0.497 e. The molecule has 1 aliphatic carbocycles. The third-order valence-corrected chi connectivity index (χ3v) is 7.76. The quantitative estimate of drug-likeness (QED) is 0.417.